The van der Waals surface area contributed by atoms with Gasteiger partial charge in [0.05, 0.1) is 17.6 Å². The lowest BCUT2D eigenvalue weighted by molar-refractivity contribution is 0.0602. The topological polar surface area (TPSA) is 72.5 Å². The summed E-state index contributed by atoms with van der Waals surface area (Å²) in [7, 11) is -2.02. The second kappa shape index (κ2) is 11.4. The van der Waals surface area contributed by atoms with Gasteiger partial charge in [0.25, 0.3) is 0 Å². The summed E-state index contributed by atoms with van der Waals surface area (Å²) in [6, 6.07) is 18.7. The molecule has 0 aliphatic heterocycles. The van der Waals surface area contributed by atoms with Crippen LogP contribution in [0.4, 0.5) is 0 Å². The Morgan fingerprint density at radius 2 is 1.64 bits per heavy atom. The molecule has 0 saturated carbocycles. The maximum atomic E-state index is 12.4. The van der Waals surface area contributed by atoms with Crippen LogP contribution in [0.15, 0.2) is 65.6 Å². The molecule has 0 atom stereocenters. The van der Waals surface area contributed by atoms with Gasteiger partial charge in [-0.2, -0.15) is 0 Å². The predicted octanol–water partition coefficient (Wildman–Crippen LogP) is 5.78. The molecule has 0 amide bonds. The molecule has 6 heteroatoms. The third-order valence-corrected chi connectivity index (χ3v) is 7.37. The standard InChI is InChI=1S/C27H33NO4S/c1-20(2)21-13-11-16-24-22(19-26(25(24)18-21)27(29)32-3)12-7-4-5-10-17-28-33(30,31)23-14-8-6-9-15-23/h6,8-9,11,13-16,18-20,28H,4-5,7,10,12,17H2,1-3H3. The quantitative estimate of drug-likeness (QED) is 0.286. The number of carbonyl (C=O) groups is 1. The highest BCUT2D eigenvalue weighted by atomic mass is 32.2. The smallest absolute Gasteiger partial charge is 0.338 e. The number of benzene rings is 1. The summed E-state index contributed by atoms with van der Waals surface area (Å²) < 4.78 is 32.2. The van der Waals surface area contributed by atoms with Gasteiger partial charge in [-0.05, 0) is 65.6 Å². The zero-order valence-electron chi connectivity index (χ0n) is 19.6. The molecule has 0 radical (unpaired) electrons. The van der Waals surface area contributed by atoms with E-state index in [9.17, 15) is 13.2 Å². The van der Waals surface area contributed by atoms with Crippen molar-refractivity contribution < 1.29 is 17.9 Å². The van der Waals surface area contributed by atoms with Gasteiger partial charge < -0.3 is 4.74 Å². The van der Waals surface area contributed by atoms with E-state index in [1.807, 2.05) is 6.07 Å². The van der Waals surface area contributed by atoms with E-state index in [0.29, 0.717) is 22.9 Å². The summed E-state index contributed by atoms with van der Waals surface area (Å²) in [6.07, 6.45) is 4.55. The number of ether oxygens (including phenoxy) is 1. The van der Waals surface area contributed by atoms with Crippen LogP contribution in [0.1, 0.15) is 66.9 Å². The maximum absolute atomic E-state index is 12.4. The Kier molecular flexibility index (Phi) is 8.64. The zero-order valence-corrected chi connectivity index (χ0v) is 20.5. The Balaban J connectivity index is 1.55. The van der Waals surface area contributed by atoms with E-state index < -0.39 is 10.0 Å². The second-order valence-electron chi connectivity index (χ2n) is 8.60. The number of hydrogen-bond acceptors (Lipinski definition) is 4. The molecular weight excluding hydrogens is 434 g/mol. The molecule has 2 aliphatic rings. The van der Waals surface area contributed by atoms with Crippen molar-refractivity contribution in [3.8, 4) is 11.1 Å². The number of nitrogens with one attached hydrogen (secondary N) is 1. The number of hydrogen-bond donors (Lipinski definition) is 1. The minimum atomic E-state index is -3.44. The Hall–Kier alpha value is -2.70. The minimum Gasteiger partial charge on any atom is -0.465 e. The van der Waals surface area contributed by atoms with Crippen molar-refractivity contribution in [2.24, 2.45) is 0 Å². The van der Waals surface area contributed by atoms with E-state index in [2.05, 4.69) is 42.8 Å². The van der Waals surface area contributed by atoms with Crippen LogP contribution >= 0.6 is 0 Å². The number of aryl methyl sites for hydroxylation is 1. The highest BCUT2D eigenvalue weighted by molar-refractivity contribution is 7.89. The van der Waals surface area contributed by atoms with E-state index in [1.54, 1.807) is 30.3 Å². The lowest BCUT2D eigenvalue weighted by atomic mass is 10.0. The first-order valence-corrected chi connectivity index (χ1v) is 13.0. The van der Waals surface area contributed by atoms with Gasteiger partial charge in [-0.1, -0.05) is 69.2 Å². The van der Waals surface area contributed by atoms with E-state index in [1.165, 1.54) is 12.7 Å². The molecule has 2 aliphatic carbocycles. The molecule has 0 aromatic heterocycles. The number of methoxy groups -OCH3 is 1. The molecule has 5 nitrogen and oxygen atoms in total. The van der Waals surface area contributed by atoms with Crippen LogP contribution in [0.5, 0.6) is 0 Å². The third kappa shape index (κ3) is 6.42. The number of fused-ring (bicyclic) bond motifs is 1. The van der Waals surface area contributed by atoms with E-state index >= 15 is 0 Å². The van der Waals surface area contributed by atoms with Gasteiger partial charge in [0.1, 0.15) is 0 Å². The normalized spacial score (nSPS) is 11.8. The Morgan fingerprint density at radius 3 is 2.33 bits per heavy atom. The fourth-order valence-electron chi connectivity index (χ4n) is 4.00. The third-order valence-electron chi connectivity index (χ3n) is 5.90. The van der Waals surface area contributed by atoms with Gasteiger partial charge in [-0.3, -0.25) is 0 Å². The summed E-state index contributed by atoms with van der Waals surface area (Å²) >= 11 is 0. The zero-order chi connectivity index (χ0) is 23.8. The fraction of sp³-hybridized carbons (Fsp3) is 0.370. The summed E-state index contributed by atoms with van der Waals surface area (Å²) in [4.78, 5) is 12.7. The number of carbonyl (C=O) groups excluding carboxylic acids is 1. The number of unbranched alkanes of at least 4 members (excludes halogenated alkanes) is 3. The van der Waals surface area contributed by atoms with Gasteiger partial charge >= 0.3 is 5.97 Å². The summed E-state index contributed by atoms with van der Waals surface area (Å²) in [5.74, 6) is 0.0571. The van der Waals surface area contributed by atoms with Crippen molar-refractivity contribution in [2.75, 3.05) is 13.7 Å². The van der Waals surface area contributed by atoms with E-state index in [4.69, 9.17) is 4.74 Å². The lowest BCUT2D eigenvalue weighted by Crippen LogP contribution is -2.24. The maximum Gasteiger partial charge on any atom is 0.338 e. The van der Waals surface area contributed by atoms with Crippen molar-refractivity contribution in [2.45, 2.75) is 56.8 Å². The summed E-state index contributed by atoms with van der Waals surface area (Å²) in [6.45, 7) is 4.71. The van der Waals surface area contributed by atoms with Crippen LogP contribution in [0.3, 0.4) is 0 Å². The summed E-state index contributed by atoms with van der Waals surface area (Å²) in [5, 5.41) is 0. The van der Waals surface area contributed by atoms with Gasteiger partial charge in [-0.25, -0.2) is 17.9 Å². The first kappa shape index (κ1) is 24.9. The Labute approximate surface area is 197 Å². The molecule has 0 saturated heterocycles. The molecule has 3 rings (SSSR count). The molecule has 0 unspecified atom stereocenters. The highest BCUT2D eigenvalue weighted by Gasteiger charge is 2.21. The largest absolute Gasteiger partial charge is 0.465 e. The summed E-state index contributed by atoms with van der Waals surface area (Å²) in [5.41, 5.74) is 5.00. The molecule has 1 aromatic carbocycles. The van der Waals surface area contributed by atoms with Gasteiger partial charge in [-0.15, -0.1) is 0 Å². The second-order valence-corrected chi connectivity index (χ2v) is 10.4. The van der Waals surface area contributed by atoms with Crippen LogP contribution in [-0.4, -0.2) is 28.0 Å². The first-order chi connectivity index (χ1) is 15.8. The van der Waals surface area contributed by atoms with Gasteiger partial charge in [0.15, 0.2) is 0 Å². The van der Waals surface area contributed by atoms with Gasteiger partial charge in [0, 0.05) is 6.54 Å². The average Bonchev–Trinajstić information content (AvgIpc) is 2.99. The molecule has 1 N–H and O–H groups in total. The molecule has 0 bridgehead atoms. The Bertz CT molecular complexity index is 1140. The SMILES string of the molecule is COC(=O)c1cc(CCCCCCNS(=O)(=O)c2ccccc2)c2cccc(C(C)C)cc1-2. The van der Waals surface area contributed by atoms with Crippen molar-refractivity contribution in [3.05, 3.63) is 77.4 Å². The van der Waals surface area contributed by atoms with Crippen molar-refractivity contribution >= 4 is 16.0 Å². The van der Waals surface area contributed by atoms with Crippen LogP contribution in [0, 0.1) is 0 Å². The van der Waals surface area contributed by atoms with Crippen LogP contribution in [0.2, 0.25) is 0 Å². The average molecular weight is 468 g/mol. The highest BCUT2D eigenvalue weighted by Crippen LogP contribution is 2.35. The first-order valence-electron chi connectivity index (χ1n) is 11.5. The number of rotatable bonds is 11. The minimum absolute atomic E-state index is 0.295. The molecule has 0 spiro atoms. The monoisotopic (exact) mass is 467 g/mol. The molecular formula is C27H33NO4S. The molecule has 0 heterocycles. The number of sulfonamides is 1. The van der Waals surface area contributed by atoms with E-state index in [-0.39, 0.29) is 5.97 Å². The molecule has 1 aromatic rings. The van der Waals surface area contributed by atoms with Crippen LogP contribution in [-0.2, 0) is 21.2 Å². The van der Waals surface area contributed by atoms with Crippen LogP contribution < -0.4 is 4.72 Å². The van der Waals surface area contributed by atoms with Gasteiger partial charge in [0.2, 0.25) is 10.0 Å². The van der Waals surface area contributed by atoms with E-state index in [0.717, 1.165) is 48.8 Å². The molecule has 176 valence electrons. The predicted molar refractivity (Wildman–Crippen MR) is 132 cm³/mol. The Morgan fingerprint density at radius 1 is 0.909 bits per heavy atom. The van der Waals surface area contributed by atoms with Crippen molar-refractivity contribution in [1.29, 1.82) is 0 Å². The molecule has 33 heavy (non-hydrogen) atoms. The number of esters is 1. The van der Waals surface area contributed by atoms with Crippen molar-refractivity contribution in [3.63, 3.8) is 0 Å². The molecule has 0 fully saturated rings. The fourth-order valence-corrected chi connectivity index (χ4v) is 5.09. The lowest BCUT2D eigenvalue weighted by Gasteiger charge is -2.07. The van der Waals surface area contributed by atoms with Crippen LogP contribution in [0.25, 0.3) is 11.1 Å². The van der Waals surface area contributed by atoms with Crippen molar-refractivity contribution in [1.82, 2.24) is 4.72 Å².